The van der Waals surface area contributed by atoms with Crippen LogP contribution in [0.3, 0.4) is 0 Å². The summed E-state index contributed by atoms with van der Waals surface area (Å²) >= 11 is 0. The molecule has 124 valence electrons. The lowest BCUT2D eigenvalue weighted by Gasteiger charge is -2.20. The monoisotopic (exact) mass is 322 g/mol. The quantitative estimate of drug-likeness (QED) is 0.734. The number of carbonyl (C=O) groups excluding carboxylic acids is 1. The van der Waals surface area contributed by atoms with Gasteiger partial charge in [0.1, 0.15) is 11.5 Å². The van der Waals surface area contributed by atoms with Crippen LogP contribution in [0.1, 0.15) is 5.56 Å². The van der Waals surface area contributed by atoms with Crippen molar-refractivity contribution in [3.8, 4) is 11.5 Å². The minimum Gasteiger partial charge on any atom is -0.457 e. The SMILES string of the molecule is C=CCN(CC=C)C(=O)NCc1cccc(Oc2ccccc2)c1. The molecule has 0 aliphatic carbocycles. The number of carbonyl (C=O) groups is 1. The molecule has 1 N–H and O–H groups in total. The second kappa shape index (κ2) is 9.20. The summed E-state index contributed by atoms with van der Waals surface area (Å²) in [5.41, 5.74) is 0.967. The molecule has 0 fully saturated rings. The number of hydrogen-bond donors (Lipinski definition) is 1. The molecule has 0 atom stereocenters. The minimum absolute atomic E-state index is 0.149. The number of nitrogens with one attached hydrogen (secondary N) is 1. The lowest BCUT2D eigenvalue weighted by molar-refractivity contribution is 0.208. The Morgan fingerprint density at radius 1 is 1.00 bits per heavy atom. The third-order valence-electron chi connectivity index (χ3n) is 3.31. The molecule has 0 saturated carbocycles. The van der Waals surface area contributed by atoms with Gasteiger partial charge in [-0.25, -0.2) is 4.79 Å². The molecule has 0 aliphatic rings. The Kier molecular flexibility index (Phi) is 6.65. The van der Waals surface area contributed by atoms with Gasteiger partial charge in [0.05, 0.1) is 0 Å². The first-order chi connectivity index (χ1) is 11.7. The summed E-state index contributed by atoms with van der Waals surface area (Å²) in [6.07, 6.45) is 3.38. The van der Waals surface area contributed by atoms with Gasteiger partial charge in [-0.2, -0.15) is 0 Å². The predicted molar refractivity (Wildman–Crippen MR) is 97.2 cm³/mol. The van der Waals surface area contributed by atoms with Crippen LogP contribution >= 0.6 is 0 Å². The molecule has 0 heterocycles. The molecule has 2 aromatic carbocycles. The van der Waals surface area contributed by atoms with Crippen molar-refractivity contribution in [2.24, 2.45) is 0 Å². The van der Waals surface area contributed by atoms with E-state index in [1.54, 1.807) is 17.1 Å². The first-order valence-electron chi connectivity index (χ1n) is 7.79. The molecule has 0 radical (unpaired) electrons. The Bertz CT molecular complexity index is 673. The van der Waals surface area contributed by atoms with Crippen molar-refractivity contribution in [1.82, 2.24) is 10.2 Å². The van der Waals surface area contributed by atoms with Crippen LogP contribution in [0.15, 0.2) is 79.9 Å². The van der Waals surface area contributed by atoms with E-state index in [1.165, 1.54) is 0 Å². The molecular weight excluding hydrogens is 300 g/mol. The maximum absolute atomic E-state index is 12.2. The zero-order valence-corrected chi connectivity index (χ0v) is 13.7. The van der Waals surface area contributed by atoms with Gasteiger partial charge in [-0.05, 0) is 29.8 Å². The Morgan fingerprint density at radius 3 is 2.33 bits per heavy atom. The zero-order valence-electron chi connectivity index (χ0n) is 13.7. The fourth-order valence-electron chi connectivity index (χ4n) is 2.19. The van der Waals surface area contributed by atoms with Crippen LogP contribution < -0.4 is 10.1 Å². The Morgan fingerprint density at radius 2 is 1.67 bits per heavy atom. The van der Waals surface area contributed by atoms with E-state index in [-0.39, 0.29) is 6.03 Å². The molecule has 0 bridgehead atoms. The van der Waals surface area contributed by atoms with E-state index < -0.39 is 0 Å². The van der Waals surface area contributed by atoms with Gasteiger partial charge in [-0.15, -0.1) is 13.2 Å². The normalized spacial score (nSPS) is 9.83. The fraction of sp³-hybridized carbons (Fsp3) is 0.150. The molecule has 2 rings (SSSR count). The summed E-state index contributed by atoms with van der Waals surface area (Å²) in [5.74, 6) is 1.52. The largest absolute Gasteiger partial charge is 0.457 e. The van der Waals surface area contributed by atoms with Crippen molar-refractivity contribution in [3.63, 3.8) is 0 Å². The summed E-state index contributed by atoms with van der Waals surface area (Å²) in [4.78, 5) is 13.8. The predicted octanol–water partition coefficient (Wildman–Crippen LogP) is 4.36. The summed E-state index contributed by atoms with van der Waals surface area (Å²) in [6, 6.07) is 17.1. The van der Waals surface area contributed by atoms with Gasteiger partial charge in [0.2, 0.25) is 0 Å². The van der Waals surface area contributed by atoms with Gasteiger partial charge in [0, 0.05) is 19.6 Å². The third kappa shape index (κ3) is 5.32. The number of hydrogen-bond acceptors (Lipinski definition) is 2. The van der Waals surface area contributed by atoms with Crippen LogP contribution in [0.25, 0.3) is 0 Å². The third-order valence-corrected chi connectivity index (χ3v) is 3.31. The standard InChI is InChI=1S/C20H22N2O2/c1-3-13-22(14-4-2)20(23)21-16-17-9-8-12-19(15-17)24-18-10-6-5-7-11-18/h3-12,15H,1-2,13-14,16H2,(H,21,23). The summed E-state index contributed by atoms with van der Waals surface area (Å²) in [7, 11) is 0. The number of benzene rings is 2. The first-order valence-corrected chi connectivity index (χ1v) is 7.79. The molecule has 2 amide bonds. The van der Waals surface area contributed by atoms with Crippen molar-refractivity contribution in [2.45, 2.75) is 6.54 Å². The number of ether oxygens (including phenoxy) is 1. The average Bonchev–Trinajstić information content (AvgIpc) is 2.61. The molecule has 0 aromatic heterocycles. The number of para-hydroxylation sites is 1. The molecule has 0 saturated heterocycles. The average molecular weight is 322 g/mol. The van der Waals surface area contributed by atoms with Gasteiger partial charge in [-0.1, -0.05) is 42.5 Å². The van der Waals surface area contributed by atoms with Crippen LogP contribution in [0.5, 0.6) is 11.5 Å². The van der Waals surface area contributed by atoms with Crippen molar-refractivity contribution >= 4 is 6.03 Å². The van der Waals surface area contributed by atoms with Crippen molar-refractivity contribution in [2.75, 3.05) is 13.1 Å². The van der Waals surface area contributed by atoms with E-state index in [0.29, 0.717) is 19.6 Å². The van der Waals surface area contributed by atoms with E-state index in [1.807, 2.05) is 54.6 Å². The van der Waals surface area contributed by atoms with Crippen LogP contribution in [-0.4, -0.2) is 24.0 Å². The minimum atomic E-state index is -0.149. The van der Waals surface area contributed by atoms with E-state index >= 15 is 0 Å². The maximum Gasteiger partial charge on any atom is 0.318 e. The Balaban J connectivity index is 1.95. The molecule has 0 unspecified atom stereocenters. The number of rotatable bonds is 8. The van der Waals surface area contributed by atoms with E-state index in [4.69, 9.17) is 4.74 Å². The van der Waals surface area contributed by atoms with Gasteiger partial charge in [0.15, 0.2) is 0 Å². The molecule has 0 spiro atoms. The van der Waals surface area contributed by atoms with E-state index in [9.17, 15) is 4.79 Å². The number of urea groups is 1. The van der Waals surface area contributed by atoms with Gasteiger partial charge < -0.3 is 15.0 Å². The van der Waals surface area contributed by atoms with Crippen molar-refractivity contribution < 1.29 is 9.53 Å². The number of amides is 2. The van der Waals surface area contributed by atoms with Crippen molar-refractivity contribution in [3.05, 3.63) is 85.5 Å². The van der Waals surface area contributed by atoms with Gasteiger partial charge >= 0.3 is 6.03 Å². The lowest BCUT2D eigenvalue weighted by Crippen LogP contribution is -2.39. The maximum atomic E-state index is 12.2. The molecule has 2 aromatic rings. The smallest absolute Gasteiger partial charge is 0.318 e. The van der Waals surface area contributed by atoms with E-state index in [0.717, 1.165) is 17.1 Å². The number of nitrogens with zero attached hydrogens (tertiary/aromatic N) is 1. The summed E-state index contributed by atoms with van der Waals surface area (Å²) in [5, 5.41) is 2.90. The highest BCUT2D eigenvalue weighted by molar-refractivity contribution is 5.74. The Labute approximate surface area is 143 Å². The second-order valence-corrected chi connectivity index (χ2v) is 5.20. The van der Waals surface area contributed by atoms with Crippen LogP contribution in [-0.2, 0) is 6.54 Å². The first kappa shape index (κ1) is 17.3. The van der Waals surface area contributed by atoms with Gasteiger partial charge in [0.25, 0.3) is 0 Å². The van der Waals surface area contributed by atoms with Crippen LogP contribution in [0.2, 0.25) is 0 Å². The molecular formula is C20H22N2O2. The summed E-state index contributed by atoms with van der Waals surface area (Å²) in [6.45, 7) is 8.71. The van der Waals surface area contributed by atoms with Crippen LogP contribution in [0, 0.1) is 0 Å². The molecule has 24 heavy (non-hydrogen) atoms. The highest BCUT2D eigenvalue weighted by atomic mass is 16.5. The highest BCUT2D eigenvalue weighted by Crippen LogP contribution is 2.21. The summed E-state index contributed by atoms with van der Waals surface area (Å²) < 4.78 is 5.80. The second-order valence-electron chi connectivity index (χ2n) is 5.20. The molecule has 4 heteroatoms. The fourth-order valence-corrected chi connectivity index (χ4v) is 2.19. The molecule has 0 aliphatic heterocycles. The van der Waals surface area contributed by atoms with Gasteiger partial charge in [-0.3, -0.25) is 0 Å². The topological polar surface area (TPSA) is 41.6 Å². The Hall–Kier alpha value is -3.01. The van der Waals surface area contributed by atoms with Crippen molar-refractivity contribution in [1.29, 1.82) is 0 Å². The lowest BCUT2D eigenvalue weighted by atomic mass is 10.2. The van der Waals surface area contributed by atoms with E-state index in [2.05, 4.69) is 18.5 Å². The van der Waals surface area contributed by atoms with Crippen LogP contribution in [0.4, 0.5) is 4.79 Å². The highest BCUT2D eigenvalue weighted by Gasteiger charge is 2.09. The zero-order chi connectivity index (χ0) is 17.2. The molecule has 4 nitrogen and oxygen atoms in total.